The first-order valence-electron chi connectivity index (χ1n) is 10.7. The summed E-state index contributed by atoms with van der Waals surface area (Å²) in [5.74, 6) is -3.46. The van der Waals surface area contributed by atoms with E-state index in [4.69, 9.17) is 16.3 Å². The van der Waals surface area contributed by atoms with Crippen LogP contribution in [-0.4, -0.2) is 24.5 Å². The van der Waals surface area contributed by atoms with Crippen LogP contribution in [0.4, 0.5) is 8.78 Å². The van der Waals surface area contributed by atoms with Gasteiger partial charge in [-0.15, -0.1) is 0 Å². The zero-order chi connectivity index (χ0) is 26.2. The molecule has 1 atom stereocenters. The van der Waals surface area contributed by atoms with Gasteiger partial charge in [0.05, 0.1) is 6.54 Å². The summed E-state index contributed by atoms with van der Waals surface area (Å²) in [6.07, 6.45) is 0. The molecule has 0 fully saturated rings. The molecule has 0 N–H and O–H groups in total. The third-order valence-electron chi connectivity index (χ3n) is 5.15. The minimum atomic E-state index is -3.47. The van der Waals surface area contributed by atoms with E-state index in [0.29, 0.717) is 10.6 Å². The molecule has 0 bridgehead atoms. The maximum absolute atomic E-state index is 13.3. The molecule has 0 spiro atoms. The van der Waals surface area contributed by atoms with Crippen molar-refractivity contribution in [2.75, 3.05) is 0 Å². The number of ether oxygens (including phenoxy) is 2. The van der Waals surface area contributed by atoms with Gasteiger partial charge in [0.1, 0.15) is 11.5 Å². The van der Waals surface area contributed by atoms with Crippen molar-refractivity contribution >= 4 is 32.0 Å². The van der Waals surface area contributed by atoms with Crippen LogP contribution in [0.15, 0.2) is 70.3 Å². The first-order chi connectivity index (χ1) is 16.9. The summed E-state index contributed by atoms with van der Waals surface area (Å²) in [6, 6.07) is 12.6. The largest absolute Gasteiger partial charge is 0.430 e. The predicted octanol–water partition coefficient (Wildman–Crippen LogP) is 4.77. The third kappa shape index (κ3) is 5.50. The van der Waals surface area contributed by atoms with Gasteiger partial charge in [-0.2, -0.15) is 13.8 Å². The summed E-state index contributed by atoms with van der Waals surface area (Å²) in [4.78, 5) is 30.6. The fraction of sp³-hybridized carbons (Fsp3) is 0.208. The maximum atomic E-state index is 13.3. The van der Waals surface area contributed by atoms with E-state index in [2.05, 4.69) is 16.3 Å². The molecule has 4 rings (SSSR count). The molecule has 0 saturated carbocycles. The van der Waals surface area contributed by atoms with Gasteiger partial charge in [-0.3, -0.25) is 18.5 Å². The van der Waals surface area contributed by atoms with Crippen molar-refractivity contribution in [3.63, 3.8) is 0 Å². The molecule has 188 valence electrons. The fourth-order valence-corrected chi connectivity index (χ4v) is 3.87. The molecule has 36 heavy (non-hydrogen) atoms. The molecule has 0 aliphatic heterocycles. The maximum Gasteiger partial charge on any atom is 0.408 e. The van der Waals surface area contributed by atoms with E-state index in [1.807, 2.05) is 0 Å². The van der Waals surface area contributed by atoms with Gasteiger partial charge in [-0.1, -0.05) is 42.0 Å². The van der Waals surface area contributed by atoms with E-state index in [-0.39, 0.29) is 41.8 Å². The lowest BCUT2D eigenvalue weighted by Crippen LogP contribution is -2.39. The molecule has 8 nitrogen and oxygen atoms in total. The van der Waals surface area contributed by atoms with E-state index >= 15 is 0 Å². The van der Waals surface area contributed by atoms with E-state index in [9.17, 15) is 18.4 Å². The molecule has 2 aromatic carbocycles. The Morgan fingerprint density at radius 2 is 1.81 bits per heavy atom. The molecule has 0 amide bonds. The number of rotatable bonds is 8. The van der Waals surface area contributed by atoms with Gasteiger partial charge in [0, 0.05) is 24.7 Å². The number of allylic oxidation sites excluding steroid dienone is 1. The van der Waals surface area contributed by atoms with Crippen molar-refractivity contribution in [2.24, 2.45) is 7.05 Å². The number of halogens is 3. The molecule has 1 unspecified atom stereocenters. The Morgan fingerprint density at radius 1 is 1.14 bits per heavy atom. The second-order valence-corrected chi connectivity index (χ2v) is 9.32. The van der Waals surface area contributed by atoms with Crippen LogP contribution in [0, 0.1) is 0 Å². The molecule has 0 radical (unpaired) electrons. The second-order valence-electron chi connectivity index (χ2n) is 8.21. The number of hydrogen-bond donors (Lipinski definition) is 0. The van der Waals surface area contributed by atoms with Gasteiger partial charge < -0.3 is 9.47 Å². The lowest BCUT2D eigenvalue weighted by Gasteiger charge is -2.14. The standard InChI is InChI=1S/C24H22ClF2N4O4P/c1-14(2)12-31-20-19(21(32)29(3)23(31)33)30(13-15-7-9-16(25)10-8-15)22(28-20)34-17-5-4-6-18(11-17)35-24(26,27)36/h4-11H,1,12-13,36H2,2-3H3. The van der Waals surface area contributed by atoms with Crippen molar-refractivity contribution in [3.8, 4) is 17.5 Å². The summed E-state index contributed by atoms with van der Waals surface area (Å²) in [5.41, 5.74) is 0.574. The zero-order valence-corrected chi connectivity index (χ0v) is 21.3. The Hall–Kier alpha value is -3.49. The van der Waals surface area contributed by atoms with Gasteiger partial charge in [-0.05, 0) is 46.0 Å². The van der Waals surface area contributed by atoms with E-state index in [1.54, 1.807) is 31.2 Å². The van der Waals surface area contributed by atoms with Crippen molar-refractivity contribution in [3.05, 3.63) is 92.1 Å². The van der Waals surface area contributed by atoms with Gasteiger partial charge in [0.2, 0.25) is 0 Å². The molecule has 2 heterocycles. The zero-order valence-electron chi connectivity index (χ0n) is 19.4. The molecule has 0 saturated heterocycles. The summed E-state index contributed by atoms with van der Waals surface area (Å²) < 4.78 is 41.0. The summed E-state index contributed by atoms with van der Waals surface area (Å²) in [7, 11) is 2.68. The smallest absolute Gasteiger partial charge is 0.408 e. The highest BCUT2D eigenvalue weighted by Gasteiger charge is 2.25. The number of fused-ring (bicyclic) bond motifs is 1. The lowest BCUT2D eigenvalue weighted by atomic mass is 10.2. The number of benzene rings is 2. The molecule has 2 aromatic heterocycles. The van der Waals surface area contributed by atoms with Crippen LogP contribution in [0.1, 0.15) is 12.5 Å². The second kappa shape index (κ2) is 9.87. The van der Waals surface area contributed by atoms with Crippen molar-refractivity contribution < 1.29 is 18.3 Å². The SMILES string of the molecule is C=C(C)Cn1c(=O)n(C)c(=O)c2c1nc(Oc1cccc(OC(F)(F)P)c1)n2Cc1ccc(Cl)cc1. The van der Waals surface area contributed by atoms with Crippen LogP contribution in [0.25, 0.3) is 11.2 Å². The summed E-state index contributed by atoms with van der Waals surface area (Å²) >= 11 is 6.01. The molecular weight excluding hydrogens is 513 g/mol. The minimum absolute atomic E-state index is 0.0205. The Bertz CT molecular complexity index is 1570. The van der Waals surface area contributed by atoms with Gasteiger partial charge in [0.15, 0.2) is 11.2 Å². The van der Waals surface area contributed by atoms with Crippen molar-refractivity contribution in [1.82, 2.24) is 18.7 Å². The Morgan fingerprint density at radius 3 is 2.44 bits per heavy atom. The number of hydrogen-bond acceptors (Lipinski definition) is 5. The van der Waals surface area contributed by atoms with E-state index < -0.39 is 17.1 Å². The van der Waals surface area contributed by atoms with Crippen LogP contribution in [0.5, 0.6) is 17.5 Å². The number of aromatic nitrogens is 4. The molecule has 0 aliphatic carbocycles. The quantitative estimate of drug-likeness (QED) is 0.240. The summed E-state index contributed by atoms with van der Waals surface area (Å²) in [6.45, 7) is 5.90. The van der Waals surface area contributed by atoms with E-state index in [1.165, 1.54) is 49.7 Å². The first-order valence-corrected chi connectivity index (χ1v) is 11.6. The number of imidazole rings is 1. The normalized spacial score (nSPS) is 11.6. The van der Waals surface area contributed by atoms with Crippen molar-refractivity contribution in [1.29, 1.82) is 0 Å². The highest BCUT2D eigenvalue weighted by Crippen LogP contribution is 2.32. The van der Waals surface area contributed by atoms with Gasteiger partial charge >= 0.3 is 17.5 Å². The van der Waals surface area contributed by atoms with Gasteiger partial charge in [0.25, 0.3) is 5.56 Å². The minimum Gasteiger partial charge on any atom is -0.430 e. The van der Waals surface area contributed by atoms with Crippen LogP contribution in [0.2, 0.25) is 5.02 Å². The lowest BCUT2D eigenvalue weighted by molar-refractivity contribution is -0.0892. The number of nitrogens with zero attached hydrogens (tertiary/aromatic N) is 4. The summed E-state index contributed by atoms with van der Waals surface area (Å²) in [5, 5.41) is 0.541. The van der Waals surface area contributed by atoms with Crippen molar-refractivity contribution in [2.45, 2.75) is 25.9 Å². The topological polar surface area (TPSA) is 80.3 Å². The van der Waals surface area contributed by atoms with Crippen LogP contribution < -0.4 is 20.7 Å². The highest BCUT2D eigenvalue weighted by molar-refractivity contribution is 7.17. The highest BCUT2D eigenvalue weighted by atomic mass is 35.5. The van der Waals surface area contributed by atoms with Crippen LogP contribution >= 0.6 is 20.8 Å². The Labute approximate surface area is 211 Å². The average molecular weight is 535 g/mol. The Kier molecular flexibility index (Phi) is 7.02. The Balaban J connectivity index is 1.91. The van der Waals surface area contributed by atoms with Gasteiger partial charge in [-0.25, -0.2) is 4.79 Å². The van der Waals surface area contributed by atoms with Crippen LogP contribution in [0.3, 0.4) is 0 Å². The predicted molar refractivity (Wildman–Crippen MR) is 136 cm³/mol. The fourth-order valence-electron chi connectivity index (χ4n) is 3.61. The molecule has 0 aliphatic rings. The first kappa shape index (κ1) is 25.6. The molecule has 12 heteroatoms. The van der Waals surface area contributed by atoms with Crippen LogP contribution in [-0.2, 0) is 20.1 Å². The van der Waals surface area contributed by atoms with E-state index in [0.717, 1.165) is 10.1 Å². The monoisotopic (exact) mass is 534 g/mol. The average Bonchev–Trinajstić information content (AvgIpc) is 3.13. The number of alkyl halides is 2. The molecule has 4 aromatic rings. The third-order valence-corrected chi connectivity index (χ3v) is 5.52. The molecular formula is C24H22ClF2N4O4P.